The van der Waals surface area contributed by atoms with Gasteiger partial charge in [-0.1, -0.05) is 23.7 Å². The SMILES string of the molecule is CCOC(=O)C1=C(CN2CCN(c3cc(Cl)ccc3C)CC2)NC(=O)NC1c1cccs1. The number of amides is 2. The van der Waals surface area contributed by atoms with Crippen molar-refractivity contribution in [2.24, 2.45) is 0 Å². The van der Waals surface area contributed by atoms with Gasteiger partial charge in [-0.3, -0.25) is 4.90 Å². The summed E-state index contributed by atoms with van der Waals surface area (Å²) in [6.45, 7) is 7.91. The number of benzene rings is 1. The van der Waals surface area contributed by atoms with Gasteiger partial charge >= 0.3 is 12.0 Å². The van der Waals surface area contributed by atoms with Gasteiger partial charge in [0.15, 0.2) is 0 Å². The van der Waals surface area contributed by atoms with Crippen molar-refractivity contribution in [3.8, 4) is 0 Å². The van der Waals surface area contributed by atoms with Crippen LogP contribution in [0.5, 0.6) is 0 Å². The first-order valence-electron chi connectivity index (χ1n) is 10.7. The number of nitrogens with one attached hydrogen (secondary N) is 2. The van der Waals surface area contributed by atoms with Crippen molar-refractivity contribution in [1.29, 1.82) is 0 Å². The molecule has 0 aliphatic carbocycles. The maximum atomic E-state index is 12.9. The summed E-state index contributed by atoms with van der Waals surface area (Å²) in [5.41, 5.74) is 3.43. The largest absolute Gasteiger partial charge is 0.463 e. The Balaban J connectivity index is 1.53. The van der Waals surface area contributed by atoms with Crippen molar-refractivity contribution in [3.05, 3.63) is 62.4 Å². The number of rotatable bonds is 6. The minimum Gasteiger partial charge on any atom is -0.463 e. The van der Waals surface area contributed by atoms with E-state index < -0.39 is 12.0 Å². The number of halogens is 1. The Morgan fingerprint density at radius 3 is 2.72 bits per heavy atom. The van der Waals surface area contributed by atoms with Gasteiger partial charge in [-0.2, -0.15) is 0 Å². The number of piperazine rings is 1. The lowest BCUT2D eigenvalue weighted by molar-refractivity contribution is -0.139. The predicted molar refractivity (Wildman–Crippen MR) is 127 cm³/mol. The van der Waals surface area contributed by atoms with Crippen LogP contribution in [0, 0.1) is 6.92 Å². The highest BCUT2D eigenvalue weighted by atomic mass is 35.5. The Morgan fingerprint density at radius 2 is 2.03 bits per heavy atom. The summed E-state index contributed by atoms with van der Waals surface area (Å²) in [7, 11) is 0. The molecule has 0 bridgehead atoms. The smallest absolute Gasteiger partial charge is 0.338 e. The molecule has 2 aliphatic rings. The minimum absolute atomic E-state index is 0.276. The van der Waals surface area contributed by atoms with Crippen LogP contribution in [-0.4, -0.2) is 56.2 Å². The average molecular weight is 475 g/mol. The van der Waals surface area contributed by atoms with Crippen LogP contribution in [0.2, 0.25) is 5.02 Å². The minimum atomic E-state index is -0.506. The van der Waals surface area contributed by atoms with Crippen LogP contribution in [-0.2, 0) is 9.53 Å². The molecular weight excluding hydrogens is 448 g/mol. The van der Waals surface area contributed by atoms with Gasteiger partial charge in [0, 0.05) is 54.0 Å². The van der Waals surface area contributed by atoms with Crippen LogP contribution in [0.25, 0.3) is 0 Å². The van der Waals surface area contributed by atoms with Gasteiger partial charge < -0.3 is 20.3 Å². The standard InChI is InChI=1S/C23H27ClN4O3S/c1-3-31-22(29)20-17(25-23(30)26-21(20)19-5-4-12-32-19)14-27-8-10-28(11-9-27)18-13-16(24)7-6-15(18)2/h4-7,12-13,21H,3,8-11,14H2,1-2H3,(H2,25,26,30). The Labute approximate surface area is 197 Å². The third-order valence-corrected chi connectivity index (χ3v) is 6.91. The van der Waals surface area contributed by atoms with E-state index in [1.54, 1.807) is 6.92 Å². The van der Waals surface area contributed by atoms with E-state index >= 15 is 0 Å². The van der Waals surface area contributed by atoms with Gasteiger partial charge in [0.05, 0.1) is 18.2 Å². The summed E-state index contributed by atoms with van der Waals surface area (Å²) < 4.78 is 5.34. The summed E-state index contributed by atoms with van der Waals surface area (Å²) in [6.07, 6.45) is 0. The Hall–Kier alpha value is -2.55. The number of urea groups is 1. The van der Waals surface area contributed by atoms with Crippen LogP contribution in [0.3, 0.4) is 0 Å². The lowest BCUT2D eigenvalue weighted by atomic mass is 10.0. The average Bonchev–Trinajstić information content (AvgIpc) is 3.31. The second-order valence-corrected chi connectivity index (χ2v) is 9.27. The topological polar surface area (TPSA) is 73.9 Å². The van der Waals surface area contributed by atoms with E-state index in [1.165, 1.54) is 16.9 Å². The molecule has 170 valence electrons. The number of thiophene rings is 1. The number of aryl methyl sites for hydroxylation is 1. The Morgan fingerprint density at radius 1 is 1.25 bits per heavy atom. The van der Waals surface area contributed by atoms with Gasteiger partial charge in [-0.05, 0) is 43.0 Å². The van der Waals surface area contributed by atoms with Crippen molar-refractivity contribution in [3.63, 3.8) is 0 Å². The van der Waals surface area contributed by atoms with Gasteiger partial charge in [0.1, 0.15) is 0 Å². The summed E-state index contributed by atoms with van der Waals surface area (Å²) in [6, 6.07) is 8.97. The van der Waals surface area contributed by atoms with Crippen LogP contribution in [0.15, 0.2) is 47.0 Å². The fourth-order valence-electron chi connectivity index (χ4n) is 4.16. The zero-order valence-electron chi connectivity index (χ0n) is 18.2. The van der Waals surface area contributed by atoms with Crippen molar-refractivity contribution < 1.29 is 14.3 Å². The number of hydrogen-bond donors (Lipinski definition) is 2. The number of esters is 1. The van der Waals surface area contributed by atoms with Gasteiger partial charge in [-0.25, -0.2) is 9.59 Å². The zero-order chi connectivity index (χ0) is 22.7. The third kappa shape index (κ3) is 4.92. The first-order valence-corrected chi connectivity index (χ1v) is 12.0. The molecule has 1 atom stereocenters. The predicted octanol–water partition coefficient (Wildman–Crippen LogP) is 3.70. The summed E-state index contributed by atoms with van der Waals surface area (Å²) in [4.78, 5) is 30.8. The second-order valence-electron chi connectivity index (χ2n) is 7.85. The fourth-order valence-corrected chi connectivity index (χ4v) is 5.11. The maximum Gasteiger partial charge on any atom is 0.338 e. The van der Waals surface area contributed by atoms with Crippen molar-refractivity contribution in [2.45, 2.75) is 19.9 Å². The van der Waals surface area contributed by atoms with E-state index in [0.717, 1.165) is 41.8 Å². The number of anilines is 1. The van der Waals surface area contributed by atoms with Crippen LogP contribution < -0.4 is 15.5 Å². The molecule has 3 heterocycles. The first kappa shape index (κ1) is 22.6. The molecular formula is C23H27ClN4O3S. The lowest BCUT2D eigenvalue weighted by Crippen LogP contribution is -2.51. The Kier molecular flexibility index (Phi) is 7.03. The number of carbonyl (C=O) groups excluding carboxylic acids is 2. The number of carbonyl (C=O) groups is 2. The number of nitrogens with zero attached hydrogens (tertiary/aromatic N) is 2. The number of ether oxygens (including phenoxy) is 1. The quantitative estimate of drug-likeness (QED) is 0.624. The molecule has 2 aliphatic heterocycles. The molecule has 2 aromatic rings. The maximum absolute atomic E-state index is 12.9. The molecule has 1 saturated heterocycles. The third-order valence-electron chi connectivity index (χ3n) is 5.74. The van der Waals surface area contributed by atoms with E-state index in [0.29, 0.717) is 17.8 Å². The summed E-state index contributed by atoms with van der Waals surface area (Å²) in [5, 5.41) is 8.41. The van der Waals surface area contributed by atoms with Crippen molar-refractivity contribution in [2.75, 3.05) is 44.2 Å². The molecule has 1 unspecified atom stereocenters. The molecule has 9 heteroatoms. The molecule has 1 fully saturated rings. The van der Waals surface area contributed by atoms with E-state index in [2.05, 4.69) is 27.4 Å². The normalized spacial score (nSPS) is 19.5. The molecule has 1 aromatic heterocycles. The van der Waals surface area contributed by atoms with E-state index in [9.17, 15) is 9.59 Å². The van der Waals surface area contributed by atoms with Crippen LogP contribution >= 0.6 is 22.9 Å². The molecule has 32 heavy (non-hydrogen) atoms. The van der Waals surface area contributed by atoms with Gasteiger partial charge in [-0.15, -0.1) is 11.3 Å². The van der Waals surface area contributed by atoms with Gasteiger partial charge in [0.2, 0.25) is 0 Å². The Bertz CT molecular complexity index is 1020. The highest BCUT2D eigenvalue weighted by molar-refractivity contribution is 7.10. The van der Waals surface area contributed by atoms with Crippen molar-refractivity contribution >= 4 is 40.6 Å². The molecule has 0 spiro atoms. The van der Waals surface area contributed by atoms with E-state index in [4.69, 9.17) is 16.3 Å². The molecule has 0 saturated carbocycles. The molecule has 0 radical (unpaired) electrons. The van der Waals surface area contributed by atoms with E-state index in [-0.39, 0.29) is 12.6 Å². The second kappa shape index (κ2) is 9.94. The fraction of sp³-hybridized carbons (Fsp3) is 0.391. The molecule has 4 rings (SSSR count). The van der Waals surface area contributed by atoms with Gasteiger partial charge in [0.25, 0.3) is 0 Å². The van der Waals surface area contributed by atoms with Crippen LogP contribution in [0.1, 0.15) is 23.4 Å². The zero-order valence-corrected chi connectivity index (χ0v) is 19.8. The highest BCUT2D eigenvalue weighted by Crippen LogP contribution is 2.31. The van der Waals surface area contributed by atoms with Crippen LogP contribution in [0.4, 0.5) is 10.5 Å². The number of hydrogen-bond acceptors (Lipinski definition) is 6. The molecule has 2 amide bonds. The van der Waals surface area contributed by atoms with Crippen molar-refractivity contribution in [1.82, 2.24) is 15.5 Å². The monoisotopic (exact) mass is 474 g/mol. The lowest BCUT2D eigenvalue weighted by Gasteiger charge is -2.38. The summed E-state index contributed by atoms with van der Waals surface area (Å²) >= 11 is 7.71. The summed E-state index contributed by atoms with van der Waals surface area (Å²) in [5.74, 6) is -0.401. The van der Waals surface area contributed by atoms with E-state index in [1.807, 2.05) is 35.7 Å². The molecule has 1 aromatic carbocycles. The molecule has 2 N–H and O–H groups in total. The first-order chi connectivity index (χ1) is 15.5. The highest BCUT2D eigenvalue weighted by Gasteiger charge is 2.35. The molecule has 7 nitrogen and oxygen atoms in total.